The molecule has 12 heteroatoms. The minimum absolute atomic E-state index is 0.00784. The summed E-state index contributed by atoms with van der Waals surface area (Å²) in [5, 5.41) is 1.39. The highest BCUT2D eigenvalue weighted by Gasteiger charge is 2.73. The maximum atomic E-state index is 12.2. The molecule has 170 valence electrons. The van der Waals surface area contributed by atoms with E-state index in [1.807, 2.05) is 0 Å². The highest BCUT2D eigenvalue weighted by atomic mass is 16.8. The van der Waals surface area contributed by atoms with E-state index in [-0.39, 0.29) is 29.8 Å². The van der Waals surface area contributed by atoms with Crippen LogP contribution in [0.3, 0.4) is 0 Å². The quantitative estimate of drug-likeness (QED) is 0.287. The highest BCUT2D eigenvalue weighted by Crippen LogP contribution is 2.58. The number of esters is 2. The molecule has 1 aromatic carbocycles. The van der Waals surface area contributed by atoms with E-state index in [2.05, 4.69) is 0 Å². The number of carbonyl (C=O) groups excluding carboxylic acids is 5. The molecule has 4 atom stereocenters. The molecule has 32 heavy (non-hydrogen) atoms. The largest absolute Gasteiger partial charge is 0.449 e. The van der Waals surface area contributed by atoms with Gasteiger partial charge in [0.1, 0.15) is 24.7 Å². The molecule has 3 aliphatic rings. The second-order valence-corrected chi connectivity index (χ2v) is 7.75. The molecular formula is C20H21N3O9. The van der Waals surface area contributed by atoms with Crippen LogP contribution < -0.4 is 15.5 Å². The van der Waals surface area contributed by atoms with Crippen molar-refractivity contribution in [2.45, 2.75) is 44.6 Å². The first-order valence-corrected chi connectivity index (χ1v) is 9.78. The maximum Gasteiger partial charge on any atom is 0.404 e. The van der Waals surface area contributed by atoms with E-state index in [0.29, 0.717) is 17.5 Å². The number of hydroxylamine groups is 1. The third kappa shape index (κ3) is 3.32. The molecule has 0 saturated carbocycles. The summed E-state index contributed by atoms with van der Waals surface area (Å²) < 4.78 is 16.1. The number of aldehydes is 1. The summed E-state index contributed by atoms with van der Waals surface area (Å²) in [6.07, 6.45) is -0.515. The van der Waals surface area contributed by atoms with Crippen molar-refractivity contribution in [3.8, 4) is 5.75 Å². The van der Waals surface area contributed by atoms with E-state index < -0.39 is 42.4 Å². The lowest BCUT2D eigenvalue weighted by molar-refractivity contribution is -0.265. The van der Waals surface area contributed by atoms with Crippen molar-refractivity contribution in [1.82, 2.24) is 4.90 Å². The van der Waals surface area contributed by atoms with Crippen LogP contribution in [-0.2, 0) is 28.7 Å². The van der Waals surface area contributed by atoms with Crippen LogP contribution in [0.25, 0.3) is 0 Å². The zero-order chi connectivity index (χ0) is 23.4. The van der Waals surface area contributed by atoms with Crippen LogP contribution in [0, 0.1) is 0 Å². The number of benzene rings is 1. The Labute approximate surface area is 182 Å². The van der Waals surface area contributed by atoms with Gasteiger partial charge in [-0.1, -0.05) is 0 Å². The molecule has 0 aromatic heterocycles. The molecule has 3 aliphatic heterocycles. The van der Waals surface area contributed by atoms with Crippen molar-refractivity contribution in [3.63, 3.8) is 0 Å². The lowest BCUT2D eigenvalue weighted by Gasteiger charge is -2.49. The van der Waals surface area contributed by atoms with Gasteiger partial charge in [0.05, 0.1) is 24.2 Å². The summed E-state index contributed by atoms with van der Waals surface area (Å²) in [7, 11) is 0. The number of ether oxygens (including phenoxy) is 3. The van der Waals surface area contributed by atoms with Crippen LogP contribution in [0.5, 0.6) is 5.75 Å². The van der Waals surface area contributed by atoms with Crippen molar-refractivity contribution < 1.29 is 43.0 Å². The fraction of sp³-hybridized carbons (Fsp3) is 0.450. The molecule has 2 bridgehead atoms. The normalized spacial score (nSPS) is 26.9. The zero-order valence-corrected chi connectivity index (χ0v) is 17.5. The summed E-state index contributed by atoms with van der Waals surface area (Å²) in [6, 6.07) is 1.82. The summed E-state index contributed by atoms with van der Waals surface area (Å²) >= 11 is 0. The standard InChI is InChI=1S/C20H21N3O9/c1-9(25)23-15-6-22-14-4-12(7-24)5-16(30-10(2)26)17(14)13(8-29-19(21)28)20(32-22,18(15)23)31-11(3)27/h4-5,7,13,15,18H,6,8H2,1-3H3,(H2,21,28)/t13-,15-,18-,20+,23?/m0/s1. The van der Waals surface area contributed by atoms with Gasteiger partial charge in [0.2, 0.25) is 5.91 Å². The average molecular weight is 447 g/mol. The molecule has 2 saturated heterocycles. The van der Waals surface area contributed by atoms with Gasteiger partial charge >= 0.3 is 18.0 Å². The van der Waals surface area contributed by atoms with Gasteiger partial charge in [-0.25, -0.2) is 14.7 Å². The molecule has 1 aromatic rings. The van der Waals surface area contributed by atoms with E-state index in [4.69, 9.17) is 24.8 Å². The van der Waals surface area contributed by atoms with E-state index in [1.54, 1.807) is 0 Å². The van der Waals surface area contributed by atoms with E-state index in [9.17, 15) is 24.0 Å². The minimum atomic E-state index is -1.78. The van der Waals surface area contributed by atoms with Gasteiger partial charge < -0.3 is 24.8 Å². The SMILES string of the molecule is CC(=O)Oc1cc(C=O)cc2c1[C@H](COC(N)=O)[C@@]1(OC(C)=O)ON2C[C@H]2[C@@H]1N2C(C)=O. The predicted octanol–water partition coefficient (Wildman–Crippen LogP) is 0.227. The molecule has 12 nitrogen and oxygen atoms in total. The van der Waals surface area contributed by atoms with Gasteiger partial charge in [-0.2, -0.15) is 0 Å². The van der Waals surface area contributed by atoms with E-state index in [0.717, 1.165) is 0 Å². The Balaban J connectivity index is 1.95. The number of primary amides is 1. The monoisotopic (exact) mass is 447 g/mol. The van der Waals surface area contributed by atoms with Crippen LogP contribution in [-0.4, -0.2) is 66.1 Å². The summed E-state index contributed by atoms with van der Waals surface area (Å²) in [4.78, 5) is 66.7. The third-order valence-corrected chi connectivity index (χ3v) is 5.64. The zero-order valence-electron chi connectivity index (χ0n) is 17.5. The van der Waals surface area contributed by atoms with Crippen molar-refractivity contribution in [2.75, 3.05) is 18.2 Å². The number of nitrogens with zero attached hydrogens (tertiary/aromatic N) is 2. The molecule has 0 spiro atoms. The number of rotatable bonds is 5. The van der Waals surface area contributed by atoms with Gasteiger partial charge in [0.15, 0.2) is 0 Å². The number of nitrogens with two attached hydrogens (primary N) is 1. The fourth-order valence-electron chi connectivity index (χ4n) is 4.65. The number of hydrogen-bond acceptors (Lipinski definition) is 10. The second-order valence-electron chi connectivity index (χ2n) is 7.75. The van der Waals surface area contributed by atoms with Crippen molar-refractivity contribution in [1.29, 1.82) is 0 Å². The number of carbonyl (C=O) groups is 5. The maximum absolute atomic E-state index is 12.2. The first kappa shape index (κ1) is 21.6. The van der Waals surface area contributed by atoms with E-state index in [1.165, 1.54) is 42.9 Å². The Morgan fingerprint density at radius 2 is 1.94 bits per heavy atom. The number of hydrogen-bond donors (Lipinski definition) is 1. The van der Waals surface area contributed by atoms with Crippen LogP contribution in [0.4, 0.5) is 10.5 Å². The molecule has 0 radical (unpaired) electrons. The van der Waals surface area contributed by atoms with Gasteiger partial charge in [0.25, 0.3) is 5.79 Å². The van der Waals surface area contributed by atoms with Crippen LogP contribution >= 0.6 is 0 Å². The van der Waals surface area contributed by atoms with Crippen LogP contribution in [0.1, 0.15) is 42.6 Å². The lowest BCUT2D eigenvalue weighted by Crippen LogP contribution is -2.61. The molecule has 3 heterocycles. The Hall–Kier alpha value is -3.67. The Bertz CT molecular complexity index is 1040. The second kappa shape index (κ2) is 7.48. The summed E-state index contributed by atoms with van der Waals surface area (Å²) in [6.45, 7) is 3.54. The topological polar surface area (TPSA) is 155 Å². The molecule has 0 unspecified atom stereocenters. The van der Waals surface area contributed by atoms with Gasteiger partial charge in [-0.05, 0) is 12.1 Å². The van der Waals surface area contributed by atoms with Crippen molar-refractivity contribution in [3.05, 3.63) is 23.3 Å². The van der Waals surface area contributed by atoms with Gasteiger partial charge in [-0.3, -0.25) is 19.2 Å². The van der Waals surface area contributed by atoms with Gasteiger partial charge in [-0.15, -0.1) is 0 Å². The average Bonchev–Trinajstić information content (AvgIpc) is 3.42. The lowest BCUT2D eigenvalue weighted by atomic mass is 9.82. The van der Waals surface area contributed by atoms with Gasteiger partial charge in [0, 0.05) is 31.9 Å². The molecule has 2 amide bonds. The number of anilines is 1. The van der Waals surface area contributed by atoms with Crippen molar-refractivity contribution >= 4 is 35.9 Å². The Morgan fingerprint density at radius 1 is 1.22 bits per heavy atom. The Kier molecular flexibility index (Phi) is 5.04. The first-order chi connectivity index (χ1) is 15.1. The Morgan fingerprint density at radius 3 is 2.50 bits per heavy atom. The van der Waals surface area contributed by atoms with Crippen LogP contribution in [0.2, 0.25) is 0 Å². The molecule has 0 aliphatic carbocycles. The fourth-order valence-corrected chi connectivity index (χ4v) is 4.65. The van der Waals surface area contributed by atoms with E-state index >= 15 is 0 Å². The summed E-state index contributed by atoms with van der Waals surface area (Å²) in [5.41, 5.74) is 6.03. The smallest absolute Gasteiger partial charge is 0.404 e. The molecular weight excluding hydrogens is 426 g/mol. The van der Waals surface area contributed by atoms with Crippen LogP contribution in [0.15, 0.2) is 12.1 Å². The highest BCUT2D eigenvalue weighted by molar-refractivity contribution is 5.84. The third-order valence-electron chi connectivity index (χ3n) is 5.64. The predicted molar refractivity (Wildman–Crippen MR) is 104 cm³/mol. The summed E-state index contributed by atoms with van der Waals surface area (Å²) in [5.74, 6) is -4.43. The molecule has 2 fully saturated rings. The minimum Gasteiger partial charge on any atom is -0.449 e. The first-order valence-electron chi connectivity index (χ1n) is 9.78. The molecule has 2 N–H and O–H groups in total. The number of amides is 2. The number of fused-ring (bicyclic) bond motifs is 6. The van der Waals surface area contributed by atoms with Crippen molar-refractivity contribution in [2.24, 2.45) is 5.73 Å². The molecule has 4 rings (SSSR count).